The molecule has 0 saturated carbocycles. The molecule has 5 rings (SSSR count). The quantitative estimate of drug-likeness (QED) is 0.355. The first-order valence-corrected chi connectivity index (χ1v) is 16.3. The molecule has 9 nitrogen and oxygen atoms in total. The second kappa shape index (κ2) is 16.0. The number of unbranched alkanes of at least 4 members (excludes halogenated alkanes) is 1. The van der Waals surface area contributed by atoms with Crippen molar-refractivity contribution >= 4 is 17.6 Å². The molecule has 2 saturated heterocycles. The molecule has 3 amide bonds. The average Bonchev–Trinajstić information content (AvgIpc) is 3.52. The average molecular weight is 605 g/mol. The molecule has 2 unspecified atom stereocenters. The Hall–Kier alpha value is -3.56. The molecule has 238 valence electrons. The number of carbonyl (C=O) groups excluding carboxylic acids is 2. The Morgan fingerprint density at radius 3 is 2.45 bits per heavy atom. The number of anilines is 1. The molecule has 2 aromatic rings. The lowest BCUT2D eigenvalue weighted by atomic mass is 9.94. The van der Waals surface area contributed by atoms with E-state index in [4.69, 9.17) is 14.2 Å². The molecule has 2 fully saturated rings. The summed E-state index contributed by atoms with van der Waals surface area (Å²) in [5.41, 5.74) is 3.02. The van der Waals surface area contributed by atoms with Crippen LogP contribution in [0.1, 0.15) is 50.7 Å². The Balaban J connectivity index is 1.10. The Morgan fingerprint density at radius 1 is 0.977 bits per heavy atom. The standard InChI is InChI=1S/C35H48N4O5/c1-3-4-15-39(25-29-13-16-37(17-14-29)35(41)38-18-20-42-21-19-38)27(2)22-30-11-8-12-31(23-30)36-34(40)32-26-43-33(44-32)24-28-9-6-5-7-10-28/h5-12,23,26-27,29,33H,3-4,13-22,24-25H2,1-2H3,(H,36,40). The Bertz CT molecular complexity index is 1240. The Kier molecular flexibility index (Phi) is 11.5. The molecule has 0 aliphatic carbocycles. The zero-order valence-corrected chi connectivity index (χ0v) is 26.3. The molecule has 2 aromatic carbocycles. The number of amides is 3. The van der Waals surface area contributed by atoms with Gasteiger partial charge in [-0.2, -0.15) is 0 Å². The van der Waals surface area contributed by atoms with Gasteiger partial charge >= 0.3 is 6.03 Å². The van der Waals surface area contributed by atoms with Crippen molar-refractivity contribution < 1.29 is 23.8 Å². The van der Waals surface area contributed by atoms with Crippen molar-refractivity contribution in [3.8, 4) is 0 Å². The number of nitrogens with zero attached hydrogens (tertiary/aromatic N) is 3. The number of piperidine rings is 1. The summed E-state index contributed by atoms with van der Waals surface area (Å²) in [4.78, 5) is 32.4. The minimum Gasteiger partial charge on any atom is -0.458 e. The Morgan fingerprint density at radius 2 is 1.70 bits per heavy atom. The maximum atomic E-state index is 12.9. The molecule has 0 bridgehead atoms. The van der Waals surface area contributed by atoms with Crippen LogP contribution in [0.4, 0.5) is 10.5 Å². The van der Waals surface area contributed by atoms with Gasteiger partial charge in [0.25, 0.3) is 5.91 Å². The predicted molar refractivity (Wildman–Crippen MR) is 171 cm³/mol. The number of benzene rings is 2. The molecule has 3 aliphatic rings. The number of carbonyl (C=O) groups is 2. The maximum Gasteiger partial charge on any atom is 0.320 e. The normalized spacial score (nSPS) is 19.7. The highest BCUT2D eigenvalue weighted by atomic mass is 16.7. The largest absolute Gasteiger partial charge is 0.458 e. The van der Waals surface area contributed by atoms with E-state index in [1.807, 2.05) is 52.3 Å². The summed E-state index contributed by atoms with van der Waals surface area (Å²) >= 11 is 0. The molecular formula is C35H48N4O5. The maximum absolute atomic E-state index is 12.9. The second-order valence-corrected chi connectivity index (χ2v) is 12.2. The number of rotatable bonds is 12. The van der Waals surface area contributed by atoms with Crippen molar-refractivity contribution in [3.63, 3.8) is 0 Å². The third kappa shape index (κ3) is 8.99. The molecule has 0 radical (unpaired) electrons. The van der Waals surface area contributed by atoms with Crippen molar-refractivity contribution in [1.29, 1.82) is 0 Å². The number of nitrogens with one attached hydrogen (secondary N) is 1. The summed E-state index contributed by atoms with van der Waals surface area (Å²) in [5.74, 6) is 0.461. The summed E-state index contributed by atoms with van der Waals surface area (Å²) < 4.78 is 16.8. The third-order valence-corrected chi connectivity index (χ3v) is 8.85. The molecule has 0 spiro atoms. The van der Waals surface area contributed by atoms with E-state index in [1.54, 1.807) is 0 Å². The predicted octanol–water partition coefficient (Wildman–Crippen LogP) is 5.28. The molecule has 1 N–H and O–H groups in total. The molecule has 2 atom stereocenters. The highest BCUT2D eigenvalue weighted by Gasteiger charge is 2.29. The first kappa shape index (κ1) is 31.9. The van der Waals surface area contributed by atoms with Crippen LogP contribution in [0, 0.1) is 5.92 Å². The number of urea groups is 1. The van der Waals surface area contributed by atoms with Gasteiger partial charge in [-0.3, -0.25) is 4.79 Å². The van der Waals surface area contributed by atoms with Gasteiger partial charge in [0.1, 0.15) is 6.26 Å². The van der Waals surface area contributed by atoms with E-state index < -0.39 is 6.29 Å². The van der Waals surface area contributed by atoms with Crippen LogP contribution in [0.3, 0.4) is 0 Å². The van der Waals surface area contributed by atoms with E-state index in [-0.39, 0.29) is 17.7 Å². The van der Waals surface area contributed by atoms with Crippen LogP contribution in [0.15, 0.2) is 66.6 Å². The van der Waals surface area contributed by atoms with Crippen LogP contribution < -0.4 is 5.32 Å². The molecule has 0 aromatic heterocycles. The lowest BCUT2D eigenvalue weighted by molar-refractivity contribution is -0.118. The van der Waals surface area contributed by atoms with Gasteiger partial charge in [-0.1, -0.05) is 55.8 Å². The molecule has 3 heterocycles. The van der Waals surface area contributed by atoms with Gasteiger partial charge in [0.15, 0.2) is 0 Å². The smallest absolute Gasteiger partial charge is 0.320 e. The van der Waals surface area contributed by atoms with Crippen molar-refractivity contribution in [2.75, 3.05) is 57.8 Å². The van der Waals surface area contributed by atoms with Crippen LogP contribution in [-0.4, -0.2) is 91.5 Å². The molecule has 44 heavy (non-hydrogen) atoms. The van der Waals surface area contributed by atoms with Crippen molar-refractivity contribution in [1.82, 2.24) is 14.7 Å². The van der Waals surface area contributed by atoms with Gasteiger partial charge in [-0.25, -0.2) is 4.79 Å². The first-order chi connectivity index (χ1) is 21.5. The van der Waals surface area contributed by atoms with E-state index in [2.05, 4.69) is 36.2 Å². The van der Waals surface area contributed by atoms with Crippen LogP contribution >= 0.6 is 0 Å². The molecule has 3 aliphatic heterocycles. The number of hydrogen-bond acceptors (Lipinski definition) is 6. The van der Waals surface area contributed by atoms with Crippen LogP contribution in [-0.2, 0) is 31.8 Å². The van der Waals surface area contributed by atoms with Crippen molar-refractivity contribution in [2.24, 2.45) is 5.92 Å². The molecule has 9 heteroatoms. The van der Waals surface area contributed by atoms with E-state index >= 15 is 0 Å². The molecular weight excluding hydrogens is 556 g/mol. The fourth-order valence-corrected chi connectivity index (χ4v) is 6.22. The third-order valence-electron chi connectivity index (χ3n) is 8.85. The van der Waals surface area contributed by atoms with Gasteiger partial charge in [0.2, 0.25) is 12.0 Å². The van der Waals surface area contributed by atoms with E-state index in [0.717, 1.165) is 69.5 Å². The number of morpholine rings is 1. The van der Waals surface area contributed by atoms with Gasteiger partial charge < -0.3 is 34.2 Å². The zero-order valence-electron chi connectivity index (χ0n) is 26.3. The van der Waals surface area contributed by atoms with E-state index in [1.165, 1.54) is 11.8 Å². The monoisotopic (exact) mass is 604 g/mol. The lowest BCUT2D eigenvalue weighted by Crippen LogP contribution is -2.51. The van der Waals surface area contributed by atoms with Crippen LogP contribution in [0.2, 0.25) is 0 Å². The van der Waals surface area contributed by atoms with Gasteiger partial charge in [0, 0.05) is 50.9 Å². The summed E-state index contributed by atoms with van der Waals surface area (Å²) in [7, 11) is 0. The summed E-state index contributed by atoms with van der Waals surface area (Å²) in [6, 6.07) is 18.6. The van der Waals surface area contributed by atoms with E-state index in [9.17, 15) is 9.59 Å². The fraction of sp³-hybridized carbons (Fsp3) is 0.543. The number of ether oxygens (including phenoxy) is 3. The van der Waals surface area contributed by atoms with Gasteiger partial charge in [-0.05, 0) is 68.3 Å². The lowest BCUT2D eigenvalue weighted by Gasteiger charge is -2.39. The minimum atomic E-state index is -0.503. The number of hydrogen-bond donors (Lipinski definition) is 1. The van der Waals surface area contributed by atoms with E-state index in [0.29, 0.717) is 44.7 Å². The minimum absolute atomic E-state index is 0.172. The zero-order chi connectivity index (χ0) is 30.7. The fourth-order valence-electron chi connectivity index (χ4n) is 6.22. The Labute approximate surface area is 262 Å². The van der Waals surface area contributed by atoms with Gasteiger partial charge in [-0.15, -0.1) is 0 Å². The first-order valence-electron chi connectivity index (χ1n) is 16.3. The summed E-state index contributed by atoms with van der Waals surface area (Å²) in [6.45, 7) is 11.0. The van der Waals surface area contributed by atoms with Gasteiger partial charge in [0.05, 0.1) is 13.2 Å². The second-order valence-electron chi connectivity index (χ2n) is 12.2. The highest BCUT2D eigenvalue weighted by Crippen LogP contribution is 2.24. The van der Waals surface area contributed by atoms with Crippen LogP contribution in [0.25, 0.3) is 0 Å². The highest BCUT2D eigenvalue weighted by molar-refractivity contribution is 6.02. The summed E-state index contributed by atoms with van der Waals surface area (Å²) in [5, 5.41) is 2.98. The van der Waals surface area contributed by atoms with Crippen molar-refractivity contribution in [3.05, 3.63) is 77.7 Å². The topological polar surface area (TPSA) is 83.6 Å². The SMILES string of the molecule is CCCCN(CC1CCN(C(=O)N2CCOCC2)CC1)C(C)Cc1cccc(NC(=O)C2=COC(Cc3ccccc3)O2)c1. The van der Waals surface area contributed by atoms with Crippen LogP contribution in [0.5, 0.6) is 0 Å². The number of likely N-dealkylation sites (tertiary alicyclic amines) is 1. The van der Waals surface area contributed by atoms with Crippen molar-refractivity contribution in [2.45, 2.75) is 64.7 Å². The summed E-state index contributed by atoms with van der Waals surface area (Å²) in [6.07, 6.45) is 6.77.